The molecule has 6 heteroatoms. The zero-order chi connectivity index (χ0) is 12.4. The summed E-state index contributed by atoms with van der Waals surface area (Å²) in [7, 11) is 0. The van der Waals surface area contributed by atoms with Gasteiger partial charge >= 0.3 is 0 Å². The molecule has 0 spiro atoms. The molecule has 1 aromatic rings. The normalized spacial score (nSPS) is 18.8. The number of carbonyl (C=O) groups is 2. The summed E-state index contributed by atoms with van der Waals surface area (Å²) in [5.41, 5.74) is 12.3. The van der Waals surface area contributed by atoms with Crippen molar-refractivity contribution >= 4 is 23.2 Å². The van der Waals surface area contributed by atoms with Crippen molar-refractivity contribution in [3.8, 4) is 0 Å². The molecule has 0 saturated carbocycles. The molecule has 1 atom stereocenters. The largest absolute Gasteiger partial charge is 0.396 e. The van der Waals surface area contributed by atoms with E-state index < -0.39 is 5.91 Å². The molecule has 1 aliphatic rings. The third-order valence-corrected chi connectivity index (χ3v) is 2.71. The van der Waals surface area contributed by atoms with Crippen molar-refractivity contribution in [2.24, 2.45) is 5.73 Å². The molecule has 1 unspecified atom stereocenters. The Balaban J connectivity index is 2.18. The molecule has 6 nitrogen and oxygen atoms in total. The maximum Gasteiger partial charge on any atom is 0.250 e. The van der Waals surface area contributed by atoms with Crippen LogP contribution in [0.3, 0.4) is 0 Å². The van der Waals surface area contributed by atoms with E-state index >= 15 is 0 Å². The molecule has 17 heavy (non-hydrogen) atoms. The zero-order valence-corrected chi connectivity index (χ0v) is 9.19. The molecule has 0 bridgehead atoms. The van der Waals surface area contributed by atoms with Crippen LogP contribution in [0.5, 0.6) is 0 Å². The molecule has 0 aromatic heterocycles. The summed E-state index contributed by atoms with van der Waals surface area (Å²) in [5.74, 6) is -0.557. The Labute approximate surface area is 98.4 Å². The standard InChI is InChI=1S/C11H14N4O2/c12-10-7(11(13)17)2-1-3-8(10)15-6-4-9(16)14-5-6/h1-3,6,15H,4-5,12H2,(H2,13,17)(H,14,16). The first-order valence-electron chi connectivity index (χ1n) is 5.29. The maximum atomic E-state index is 11.1. The highest BCUT2D eigenvalue weighted by Crippen LogP contribution is 2.24. The number of nitrogens with one attached hydrogen (secondary N) is 2. The topological polar surface area (TPSA) is 110 Å². The van der Waals surface area contributed by atoms with Gasteiger partial charge in [-0.25, -0.2) is 0 Å². The number of rotatable bonds is 3. The van der Waals surface area contributed by atoms with E-state index in [1.54, 1.807) is 18.2 Å². The number of hydrogen-bond donors (Lipinski definition) is 4. The fourth-order valence-electron chi connectivity index (χ4n) is 1.83. The number of para-hydroxylation sites is 1. The summed E-state index contributed by atoms with van der Waals surface area (Å²) < 4.78 is 0. The molecule has 1 aromatic carbocycles. The average Bonchev–Trinajstić information content (AvgIpc) is 2.67. The van der Waals surface area contributed by atoms with Gasteiger partial charge in [0.2, 0.25) is 5.91 Å². The van der Waals surface area contributed by atoms with Crippen molar-refractivity contribution < 1.29 is 9.59 Å². The Morgan fingerprint density at radius 1 is 1.47 bits per heavy atom. The number of nitrogen functional groups attached to an aromatic ring is 1. The summed E-state index contributed by atoms with van der Waals surface area (Å²) in [6, 6.07) is 5.02. The fraction of sp³-hybridized carbons (Fsp3) is 0.273. The van der Waals surface area contributed by atoms with Crippen LogP contribution in [0.4, 0.5) is 11.4 Å². The number of hydrogen-bond acceptors (Lipinski definition) is 4. The summed E-state index contributed by atoms with van der Waals surface area (Å²) in [6.07, 6.45) is 0.403. The number of primary amides is 1. The van der Waals surface area contributed by atoms with E-state index in [4.69, 9.17) is 11.5 Å². The lowest BCUT2D eigenvalue weighted by molar-refractivity contribution is -0.119. The van der Waals surface area contributed by atoms with Crippen LogP contribution >= 0.6 is 0 Å². The summed E-state index contributed by atoms with van der Waals surface area (Å²) in [6.45, 7) is 0.555. The first-order chi connectivity index (χ1) is 8.08. The van der Waals surface area contributed by atoms with Crippen molar-refractivity contribution in [3.63, 3.8) is 0 Å². The van der Waals surface area contributed by atoms with E-state index in [-0.39, 0.29) is 17.5 Å². The lowest BCUT2D eigenvalue weighted by Gasteiger charge is -2.15. The lowest BCUT2D eigenvalue weighted by atomic mass is 10.1. The SMILES string of the molecule is NC(=O)c1cccc(NC2CNC(=O)C2)c1N. The molecule has 1 saturated heterocycles. The number of benzene rings is 1. The molecule has 1 aliphatic heterocycles. The molecule has 90 valence electrons. The number of carbonyl (C=O) groups excluding carboxylic acids is 2. The smallest absolute Gasteiger partial charge is 0.250 e. The highest BCUT2D eigenvalue weighted by atomic mass is 16.2. The second kappa shape index (κ2) is 4.32. The van der Waals surface area contributed by atoms with Crippen LogP contribution in [-0.2, 0) is 4.79 Å². The average molecular weight is 234 g/mol. The van der Waals surface area contributed by atoms with Crippen LogP contribution < -0.4 is 22.1 Å². The third kappa shape index (κ3) is 2.30. The molecule has 1 fully saturated rings. The van der Waals surface area contributed by atoms with Gasteiger partial charge in [0, 0.05) is 13.0 Å². The van der Waals surface area contributed by atoms with Gasteiger partial charge in [0.25, 0.3) is 5.91 Å². The molecule has 6 N–H and O–H groups in total. The van der Waals surface area contributed by atoms with E-state index in [1.165, 1.54) is 0 Å². The van der Waals surface area contributed by atoms with Gasteiger partial charge in [-0.05, 0) is 12.1 Å². The van der Waals surface area contributed by atoms with Crippen LogP contribution in [0.1, 0.15) is 16.8 Å². The Morgan fingerprint density at radius 3 is 2.82 bits per heavy atom. The van der Waals surface area contributed by atoms with Crippen LogP contribution in [0.25, 0.3) is 0 Å². The first kappa shape index (κ1) is 11.3. The van der Waals surface area contributed by atoms with Gasteiger partial charge in [-0.2, -0.15) is 0 Å². The molecular formula is C11H14N4O2. The van der Waals surface area contributed by atoms with Crippen molar-refractivity contribution in [1.82, 2.24) is 5.32 Å². The van der Waals surface area contributed by atoms with Gasteiger partial charge in [0.05, 0.1) is 23.0 Å². The van der Waals surface area contributed by atoms with Gasteiger partial charge in [0.15, 0.2) is 0 Å². The van der Waals surface area contributed by atoms with Crippen LogP contribution in [0, 0.1) is 0 Å². The number of amides is 2. The van der Waals surface area contributed by atoms with Gasteiger partial charge in [0.1, 0.15) is 0 Å². The molecule has 0 radical (unpaired) electrons. The lowest BCUT2D eigenvalue weighted by Crippen LogP contribution is -2.23. The second-order valence-corrected chi connectivity index (χ2v) is 3.98. The molecule has 1 heterocycles. The van der Waals surface area contributed by atoms with Gasteiger partial charge < -0.3 is 22.1 Å². The van der Waals surface area contributed by atoms with Crippen molar-refractivity contribution in [2.45, 2.75) is 12.5 Å². The van der Waals surface area contributed by atoms with Crippen molar-refractivity contribution in [2.75, 3.05) is 17.6 Å². The third-order valence-electron chi connectivity index (χ3n) is 2.71. The Kier molecular flexibility index (Phi) is 2.86. The monoisotopic (exact) mass is 234 g/mol. The van der Waals surface area contributed by atoms with E-state index in [0.717, 1.165) is 0 Å². The van der Waals surface area contributed by atoms with E-state index in [1.807, 2.05) is 0 Å². The Morgan fingerprint density at radius 2 is 2.24 bits per heavy atom. The zero-order valence-electron chi connectivity index (χ0n) is 9.19. The minimum absolute atomic E-state index is 0.00655. The predicted molar refractivity (Wildman–Crippen MR) is 64.4 cm³/mol. The maximum absolute atomic E-state index is 11.1. The van der Waals surface area contributed by atoms with E-state index in [2.05, 4.69) is 10.6 Å². The highest BCUT2D eigenvalue weighted by molar-refractivity contribution is 6.00. The van der Waals surface area contributed by atoms with Crippen LogP contribution in [0.15, 0.2) is 18.2 Å². The van der Waals surface area contributed by atoms with Crippen LogP contribution in [0.2, 0.25) is 0 Å². The van der Waals surface area contributed by atoms with Crippen molar-refractivity contribution in [3.05, 3.63) is 23.8 Å². The summed E-state index contributed by atoms with van der Waals surface area (Å²) >= 11 is 0. The van der Waals surface area contributed by atoms with E-state index in [0.29, 0.717) is 24.3 Å². The molecule has 0 aliphatic carbocycles. The predicted octanol–water partition coefficient (Wildman–Crippen LogP) is -0.332. The second-order valence-electron chi connectivity index (χ2n) is 3.98. The molecule has 2 amide bonds. The Hall–Kier alpha value is -2.24. The minimum atomic E-state index is -0.563. The Bertz CT molecular complexity index is 473. The quantitative estimate of drug-likeness (QED) is 0.536. The van der Waals surface area contributed by atoms with Crippen LogP contribution in [-0.4, -0.2) is 24.4 Å². The van der Waals surface area contributed by atoms with Gasteiger partial charge in [-0.15, -0.1) is 0 Å². The van der Waals surface area contributed by atoms with Gasteiger partial charge in [-0.1, -0.05) is 6.07 Å². The fourth-order valence-corrected chi connectivity index (χ4v) is 1.83. The molecule has 2 rings (SSSR count). The number of nitrogens with two attached hydrogens (primary N) is 2. The van der Waals surface area contributed by atoms with E-state index in [9.17, 15) is 9.59 Å². The highest BCUT2D eigenvalue weighted by Gasteiger charge is 2.22. The first-order valence-corrected chi connectivity index (χ1v) is 5.29. The molecular weight excluding hydrogens is 220 g/mol. The van der Waals surface area contributed by atoms with Crippen molar-refractivity contribution in [1.29, 1.82) is 0 Å². The minimum Gasteiger partial charge on any atom is -0.396 e. The van der Waals surface area contributed by atoms with Gasteiger partial charge in [-0.3, -0.25) is 9.59 Å². The number of anilines is 2. The summed E-state index contributed by atoms with van der Waals surface area (Å²) in [5, 5.41) is 5.83. The summed E-state index contributed by atoms with van der Waals surface area (Å²) in [4.78, 5) is 22.2.